The number of hydrogen-bond donors (Lipinski definition) is 1. The van der Waals surface area contributed by atoms with E-state index in [0.29, 0.717) is 37.4 Å². The van der Waals surface area contributed by atoms with Crippen LogP contribution in [0.5, 0.6) is 5.75 Å². The summed E-state index contributed by atoms with van der Waals surface area (Å²) in [6, 6.07) is 15.2. The third kappa shape index (κ3) is 3.89. The fourth-order valence-corrected chi connectivity index (χ4v) is 3.37. The van der Waals surface area contributed by atoms with E-state index in [1.807, 2.05) is 37.3 Å². The summed E-state index contributed by atoms with van der Waals surface area (Å²) in [7, 11) is 1.58. The predicted molar refractivity (Wildman–Crippen MR) is 99.5 cm³/mol. The Labute approximate surface area is 154 Å². The van der Waals surface area contributed by atoms with Crippen LogP contribution in [0.2, 0.25) is 0 Å². The number of aryl methyl sites for hydroxylation is 1. The largest absolute Gasteiger partial charge is 0.497 e. The lowest BCUT2D eigenvalue weighted by Gasteiger charge is -2.42. The van der Waals surface area contributed by atoms with E-state index >= 15 is 0 Å². The molecular formula is C21H25NO4. The molecule has 1 unspecified atom stereocenters. The van der Waals surface area contributed by atoms with Gasteiger partial charge < -0.3 is 19.5 Å². The molecule has 1 heterocycles. The summed E-state index contributed by atoms with van der Waals surface area (Å²) in [6.07, 6.45) is 0.568. The fourth-order valence-electron chi connectivity index (χ4n) is 3.37. The third-order valence-corrected chi connectivity index (χ3v) is 4.91. The van der Waals surface area contributed by atoms with Crippen LogP contribution in [0.25, 0.3) is 0 Å². The van der Waals surface area contributed by atoms with Crippen LogP contribution in [0, 0.1) is 6.92 Å². The molecule has 1 atom stereocenters. The van der Waals surface area contributed by atoms with Crippen LogP contribution in [-0.2, 0) is 11.2 Å². The Morgan fingerprint density at radius 3 is 2.81 bits per heavy atom. The van der Waals surface area contributed by atoms with E-state index in [-0.39, 0.29) is 12.5 Å². The highest BCUT2D eigenvalue weighted by Gasteiger charge is 2.38. The maximum Gasteiger partial charge on any atom is 0.254 e. The minimum Gasteiger partial charge on any atom is -0.497 e. The van der Waals surface area contributed by atoms with E-state index in [1.54, 1.807) is 30.2 Å². The Hall–Kier alpha value is -2.37. The average Bonchev–Trinajstić information content (AvgIpc) is 2.69. The van der Waals surface area contributed by atoms with E-state index < -0.39 is 5.60 Å². The van der Waals surface area contributed by atoms with Gasteiger partial charge in [0, 0.05) is 18.5 Å². The van der Waals surface area contributed by atoms with Crippen LogP contribution >= 0.6 is 0 Å². The summed E-state index contributed by atoms with van der Waals surface area (Å²) in [6.45, 7) is 3.17. The van der Waals surface area contributed by atoms with E-state index in [0.717, 1.165) is 11.1 Å². The molecule has 1 saturated heterocycles. The van der Waals surface area contributed by atoms with Gasteiger partial charge >= 0.3 is 0 Å². The number of methoxy groups -OCH3 is 1. The van der Waals surface area contributed by atoms with Gasteiger partial charge in [-0.2, -0.15) is 0 Å². The highest BCUT2D eigenvalue weighted by molar-refractivity contribution is 5.94. The Kier molecular flexibility index (Phi) is 5.59. The van der Waals surface area contributed by atoms with Gasteiger partial charge in [-0.15, -0.1) is 0 Å². The first kappa shape index (κ1) is 18.4. The van der Waals surface area contributed by atoms with Gasteiger partial charge in [0.05, 0.1) is 26.9 Å². The smallest absolute Gasteiger partial charge is 0.254 e. The zero-order valence-electron chi connectivity index (χ0n) is 15.3. The highest BCUT2D eigenvalue weighted by atomic mass is 16.5. The van der Waals surface area contributed by atoms with E-state index in [2.05, 4.69) is 0 Å². The van der Waals surface area contributed by atoms with Crippen molar-refractivity contribution in [2.24, 2.45) is 0 Å². The molecule has 0 radical (unpaired) electrons. The quantitative estimate of drug-likeness (QED) is 0.895. The number of aliphatic hydroxyl groups excluding tert-OH is 1. The molecule has 138 valence electrons. The molecule has 3 rings (SSSR count). The first-order chi connectivity index (χ1) is 12.6. The number of ether oxygens (including phenoxy) is 2. The number of amides is 1. The summed E-state index contributed by atoms with van der Waals surface area (Å²) in [5.41, 5.74) is 2.07. The second-order valence-corrected chi connectivity index (χ2v) is 6.75. The van der Waals surface area contributed by atoms with Crippen LogP contribution in [0.4, 0.5) is 0 Å². The van der Waals surface area contributed by atoms with Crippen LogP contribution in [-0.4, -0.2) is 54.9 Å². The zero-order valence-corrected chi connectivity index (χ0v) is 15.3. The second-order valence-electron chi connectivity index (χ2n) is 6.75. The van der Waals surface area contributed by atoms with E-state index in [9.17, 15) is 9.90 Å². The second kappa shape index (κ2) is 7.89. The third-order valence-electron chi connectivity index (χ3n) is 4.91. The Morgan fingerprint density at radius 1 is 1.27 bits per heavy atom. The van der Waals surface area contributed by atoms with Crippen molar-refractivity contribution < 1.29 is 19.4 Å². The maximum atomic E-state index is 12.9. The number of carbonyl (C=O) groups excluding carboxylic acids is 1. The molecule has 1 fully saturated rings. The van der Waals surface area contributed by atoms with Gasteiger partial charge in [0.25, 0.3) is 5.91 Å². The molecule has 1 N–H and O–H groups in total. The van der Waals surface area contributed by atoms with E-state index in [4.69, 9.17) is 9.47 Å². The Balaban J connectivity index is 1.80. The van der Waals surface area contributed by atoms with Crippen molar-refractivity contribution in [2.45, 2.75) is 18.9 Å². The summed E-state index contributed by atoms with van der Waals surface area (Å²) < 4.78 is 11.2. The minimum absolute atomic E-state index is 0.0743. The van der Waals surface area contributed by atoms with Crippen LogP contribution in [0.1, 0.15) is 21.5 Å². The van der Waals surface area contributed by atoms with Crippen molar-refractivity contribution in [2.75, 3.05) is 33.4 Å². The molecule has 1 aliphatic rings. The molecule has 2 aromatic carbocycles. The maximum absolute atomic E-state index is 12.9. The summed E-state index contributed by atoms with van der Waals surface area (Å²) in [5.74, 6) is 0.576. The number of morpholine rings is 1. The summed E-state index contributed by atoms with van der Waals surface area (Å²) in [4.78, 5) is 14.7. The van der Waals surface area contributed by atoms with Crippen molar-refractivity contribution >= 4 is 5.91 Å². The van der Waals surface area contributed by atoms with Crippen molar-refractivity contribution in [1.29, 1.82) is 0 Å². The first-order valence-corrected chi connectivity index (χ1v) is 8.79. The van der Waals surface area contributed by atoms with Gasteiger partial charge in [0.15, 0.2) is 0 Å². The van der Waals surface area contributed by atoms with Crippen molar-refractivity contribution in [3.05, 3.63) is 65.2 Å². The topological polar surface area (TPSA) is 59.0 Å². The monoisotopic (exact) mass is 355 g/mol. The Bertz CT molecular complexity index is 776. The van der Waals surface area contributed by atoms with Crippen LogP contribution in [0.3, 0.4) is 0 Å². The summed E-state index contributed by atoms with van der Waals surface area (Å²) >= 11 is 0. The SMILES string of the molecule is COc1cccc(C(=O)N2CCOC(CO)(Cc3ccccc3C)C2)c1. The van der Waals surface area contributed by atoms with Crippen molar-refractivity contribution in [1.82, 2.24) is 4.90 Å². The normalized spacial score (nSPS) is 20.0. The average molecular weight is 355 g/mol. The lowest BCUT2D eigenvalue weighted by atomic mass is 9.90. The van der Waals surface area contributed by atoms with Gasteiger partial charge in [-0.1, -0.05) is 30.3 Å². The molecule has 0 saturated carbocycles. The Morgan fingerprint density at radius 2 is 2.08 bits per heavy atom. The minimum atomic E-state index is -0.779. The molecule has 0 spiro atoms. The predicted octanol–water partition coefficient (Wildman–Crippen LogP) is 2.45. The molecule has 1 amide bonds. The number of aliphatic hydroxyl groups is 1. The molecule has 1 aliphatic heterocycles. The van der Waals surface area contributed by atoms with Gasteiger partial charge in [-0.25, -0.2) is 0 Å². The molecule has 5 heteroatoms. The first-order valence-electron chi connectivity index (χ1n) is 8.79. The molecule has 2 aromatic rings. The van der Waals surface area contributed by atoms with Gasteiger partial charge in [-0.05, 0) is 36.2 Å². The standard InChI is InChI=1S/C21H25NO4/c1-16-6-3-4-7-18(16)13-21(15-23)14-22(10-11-26-21)20(24)17-8-5-9-19(12-17)25-2/h3-9,12,23H,10-11,13-15H2,1-2H3. The molecule has 0 bridgehead atoms. The van der Waals surface area contributed by atoms with Gasteiger partial charge in [0.1, 0.15) is 11.4 Å². The van der Waals surface area contributed by atoms with Crippen molar-refractivity contribution in [3.8, 4) is 5.75 Å². The molecular weight excluding hydrogens is 330 g/mol. The van der Waals surface area contributed by atoms with Gasteiger partial charge in [-0.3, -0.25) is 4.79 Å². The highest BCUT2D eigenvalue weighted by Crippen LogP contribution is 2.26. The number of carbonyl (C=O) groups is 1. The summed E-state index contributed by atoms with van der Waals surface area (Å²) in [5, 5.41) is 10.1. The number of nitrogens with zero attached hydrogens (tertiary/aromatic N) is 1. The lowest BCUT2D eigenvalue weighted by Crippen LogP contribution is -2.56. The van der Waals surface area contributed by atoms with Crippen molar-refractivity contribution in [3.63, 3.8) is 0 Å². The number of rotatable bonds is 5. The molecule has 0 aromatic heterocycles. The fraction of sp³-hybridized carbons (Fsp3) is 0.381. The number of benzene rings is 2. The lowest BCUT2D eigenvalue weighted by molar-refractivity contribution is -0.123. The van der Waals surface area contributed by atoms with Gasteiger partial charge in [0.2, 0.25) is 0 Å². The van der Waals surface area contributed by atoms with Crippen LogP contribution in [0.15, 0.2) is 48.5 Å². The molecule has 5 nitrogen and oxygen atoms in total. The molecule has 0 aliphatic carbocycles. The van der Waals surface area contributed by atoms with E-state index in [1.165, 1.54) is 0 Å². The molecule has 26 heavy (non-hydrogen) atoms. The number of hydrogen-bond acceptors (Lipinski definition) is 4. The van der Waals surface area contributed by atoms with Crippen LogP contribution < -0.4 is 4.74 Å². The zero-order chi connectivity index (χ0) is 18.6.